The van der Waals surface area contributed by atoms with E-state index in [1.54, 1.807) is 19.2 Å². The maximum absolute atomic E-state index is 13.1. The molecule has 0 aliphatic heterocycles. The fourth-order valence-corrected chi connectivity index (χ4v) is 2.18. The third kappa shape index (κ3) is 9.20. The molecule has 0 saturated carbocycles. The predicted molar refractivity (Wildman–Crippen MR) is 110 cm³/mol. The van der Waals surface area contributed by atoms with Gasteiger partial charge in [0.25, 0.3) is 0 Å². The first-order valence-corrected chi connectivity index (χ1v) is 8.19. The van der Waals surface area contributed by atoms with Gasteiger partial charge in [-0.05, 0) is 29.7 Å². The smallest absolute Gasteiger partial charge is 0.422 e. The topological polar surface area (TPSA) is 58.5 Å². The van der Waals surface area contributed by atoms with E-state index in [1.165, 1.54) is 24.4 Å². The fourth-order valence-electron chi connectivity index (χ4n) is 2.18. The molecule has 2 rings (SSSR count). The Morgan fingerprint density at radius 3 is 2.54 bits per heavy atom. The van der Waals surface area contributed by atoms with Gasteiger partial charge in [-0.1, -0.05) is 18.2 Å². The Bertz CT molecular complexity index is 754. The van der Waals surface area contributed by atoms with Crippen molar-refractivity contribution < 1.29 is 22.3 Å². The Morgan fingerprint density at radius 2 is 1.93 bits per heavy atom. The summed E-state index contributed by atoms with van der Waals surface area (Å²) in [5.41, 5.74) is 1.62. The molecule has 0 fully saturated rings. The van der Waals surface area contributed by atoms with Gasteiger partial charge >= 0.3 is 6.18 Å². The third-order valence-electron chi connectivity index (χ3n) is 3.46. The molecule has 0 aliphatic rings. The van der Waals surface area contributed by atoms with Crippen LogP contribution in [0.25, 0.3) is 0 Å². The molecular weight excluding hydrogens is 491 g/mol. The molecule has 0 radical (unpaired) electrons. The van der Waals surface area contributed by atoms with Gasteiger partial charge in [-0.2, -0.15) is 13.2 Å². The highest BCUT2D eigenvalue weighted by Crippen LogP contribution is 2.17. The number of nitrogens with one attached hydrogen (secondary N) is 2. The molecule has 0 saturated heterocycles. The van der Waals surface area contributed by atoms with Gasteiger partial charge in [0.05, 0.1) is 0 Å². The molecule has 0 amide bonds. The number of ether oxygens (including phenoxy) is 1. The summed E-state index contributed by atoms with van der Waals surface area (Å²) in [6, 6.07) is 9.37. The Morgan fingerprint density at radius 1 is 1.14 bits per heavy atom. The lowest BCUT2D eigenvalue weighted by atomic mass is 10.1. The summed E-state index contributed by atoms with van der Waals surface area (Å²) >= 11 is 0. The van der Waals surface area contributed by atoms with Gasteiger partial charge in [0.15, 0.2) is 12.6 Å². The van der Waals surface area contributed by atoms with Gasteiger partial charge in [-0.3, -0.25) is 4.99 Å². The van der Waals surface area contributed by atoms with E-state index < -0.39 is 12.8 Å². The van der Waals surface area contributed by atoms with E-state index in [2.05, 4.69) is 25.3 Å². The number of hydrogen-bond donors (Lipinski definition) is 2. The molecule has 1 aromatic carbocycles. The molecule has 1 aromatic heterocycles. The number of guanidine groups is 1. The second-order valence-corrected chi connectivity index (χ2v) is 5.64. The van der Waals surface area contributed by atoms with Crippen LogP contribution in [0.2, 0.25) is 0 Å². The summed E-state index contributed by atoms with van der Waals surface area (Å²) < 4.78 is 54.0. The van der Waals surface area contributed by atoms with E-state index in [0.29, 0.717) is 25.5 Å². The van der Waals surface area contributed by atoms with Crippen LogP contribution >= 0.6 is 24.0 Å². The normalized spacial score (nSPS) is 11.5. The van der Waals surface area contributed by atoms with Crippen molar-refractivity contribution in [2.45, 2.75) is 19.1 Å². The molecule has 1 heterocycles. The molecule has 0 bridgehead atoms. The molecule has 0 atom stereocenters. The second-order valence-electron chi connectivity index (χ2n) is 5.64. The van der Waals surface area contributed by atoms with Crippen LogP contribution in [0.1, 0.15) is 11.1 Å². The lowest BCUT2D eigenvalue weighted by Crippen LogP contribution is -2.37. The summed E-state index contributed by atoms with van der Waals surface area (Å²) in [4.78, 5) is 7.91. The SMILES string of the molecule is CN=C(NCCc1cccc(F)c1)NCc1ccc(OCC(F)(F)F)nc1.I. The molecule has 2 N–H and O–H groups in total. The zero-order chi connectivity index (χ0) is 19.7. The molecule has 5 nitrogen and oxygen atoms in total. The van der Waals surface area contributed by atoms with Crippen molar-refractivity contribution in [3.63, 3.8) is 0 Å². The number of halogens is 5. The molecular formula is C18H21F4IN4O. The monoisotopic (exact) mass is 512 g/mol. The van der Waals surface area contributed by atoms with Gasteiger partial charge < -0.3 is 15.4 Å². The van der Waals surface area contributed by atoms with E-state index in [4.69, 9.17) is 0 Å². The minimum absolute atomic E-state index is 0. The summed E-state index contributed by atoms with van der Waals surface area (Å²) in [5.74, 6) is 0.183. The minimum Gasteiger partial charge on any atom is -0.468 e. The van der Waals surface area contributed by atoms with E-state index in [-0.39, 0.29) is 35.7 Å². The van der Waals surface area contributed by atoms with Crippen LogP contribution in [-0.2, 0) is 13.0 Å². The van der Waals surface area contributed by atoms with Crippen molar-refractivity contribution >= 4 is 29.9 Å². The van der Waals surface area contributed by atoms with E-state index in [9.17, 15) is 17.6 Å². The number of aromatic nitrogens is 1. The van der Waals surface area contributed by atoms with Gasteiger partial charge in [0.1, 0.15) is 5.82 Å². The molecule has 0 unspecified atom stereocenters. The summed E-state index contributed by atoms with van der Waals surface area (Å²) in [5, 5.41) is 6.17. The van der Waals surface area contributed by atoms with Crippen molar-refractivity contribution in [1.82, 2.24) is 15.6 Å². The standard InChI is InChI=1S/C18H20F4N4O.HI/c1-23-17(24-8-7-13-3-2-4-15(19)9-13)26-11-14-5-6-16(25-10-14)27-12-18(20,21)22;/h2-6,9-10H,7-8,11-12H2,1H3,(H2,23,24,26);1H. The van der Waals surface area contributed by atoms with Gasteiger partial charge in [0, 0.05) is 32.4 Å². The van der Waals surface area contributed by atoms with Crippen LogP contribution in [0, 0.1) is 5.82 Å². The molecule has 0 spiro atoms. The number of nitrogens with zero attached hydrogens (tertiary/aromatic N) is 2. The number of pyridine rings is 1. The first-order valence-electron chi connectivity index (χ1n) is 8.19. The second kappa shape index (κ2) is 11.7. The molecule has 0 aliphatic carbocycles. The van der Waals surface area contributed by atoms with Crippen molar-refractivity contribution in [1.29, 1.82) is 0 Å². The summed E-state index contributed by atoms with van der Waals surface area (Å²) in [7, 11) is 1.61. The Hall–Kier alpha value is -2.11. The van der Waals surface area contributed by atoms with Crippen LogP contribution in [0.3, 0.4) is 0 Å². The quantitative estimate of drug-likeness (QED) is 0.257. The molecule has 2 aromatic rings. The predicted octanol–water partition coefficient (Wildman–Crippen LogP) is 3.69. The highest BCUT2D eigenvalue weighted by molar-refractivity contribution is 14.0. The van der Waals surface area contributed by atoms with Crippen LogP contribution < -0.4 is 15.4 Å². The lowest BCUT2D eigenvalue weighted by molar-refractivity contribution is -0.154. The van der Waals surface area contributed by atoms with Crippen LogP contribution in [0.15, 0.2) is 47.6 Å². The number of benzene rings is 1. The van der Waals surface area contributed by atoms with Crippen LogP contribution in [0.4, 0.5) is 17.6 Å². The van der Waals surface area contributed by atoms with Crippen molar-refractivity contribution in [3.8, 4) is 5.88 Å². The maximum atomic E-state index is 13.1. The van der Waals surface area contributed by atoms with E-state index in [0.717, 1.165) is 11.1 Å². The molecule has 154 valence electrons. The summed E-state index contributed by atoms with van der Waals surface area (Å²) in [6.07, 6.45) is -2.34. The van der Waals surface area contributed by atoms with Crippen molar-refractivity contribution in [2.75, 3.05) is 20.2 Å². The van der Waals surface area contributed by atoms with Crippen molar-refractivity contribution in [2.24, 2.45) is 4.99 Å². The average molecular weight is 512 g/mol. The first kappa shape index (κ1) is 23.9. The lowest BCUT2D eigenvalue weighted by Gasteiger charge is -2.12. The van der Waals surface area contributed by atoms with Crippen LogP contribution in [-0.4, -0.2) is 37.3 Å². The molecule has 10 heteroatoms. The zero-order valence-corrected chi connectivity index (χ0v) is 17.4. The van der Waals surface area contributed by atoms with Crippen molar-refractivity contribution in [3.05, 3.63) is 59.5 Å². The Kier molecular flexibility index (Phi) is 9.97. The van der Waals surface area contributed by atoms with Crippen LogP contribution in [0.5, 0.6) is 5.88 Å². The van der Waals surface area contributed by atoms with Gasteiger partial charge in [-0.15, -0.1) is 24.0 Å². The first-order chi connectivity index (χ1) is 12.9. The fraction of sp³-hybridized carbons (Fsp3) is 0.333. The van der Waals surface area contributed by atoms with Gasteiger partial charge in [0.2, 0.25) is 5.88 Å². The van der Waals surface area contributed by atoms with Gasteiger partial charge in [-0.25, -0.2) is 9.37 Å². The highest BCUT2D eigenvalue weighted by atomic mass is 127. The number of alkyl halides is 3. The number of rotatable bonds is 7. The number of hydrogen-bond acceptors (Lipinski definition) is 3. The number of aliphatic imine (C=N–C) groups is 1. The average Bonchev–Trinajstić information content (AvgIpc) is 2.63. The zero-order valence-electron chi connectivity index (χ0n) is 15.1. The Balaban J connectivity index is 0.00000392. The minimum atomic E-state index is -4.40. The third-order valence-corrected chi connectivity index (χ3v) is 3.46. The summed E-state index contributed by atoms with van der Waals surface area (Å²) in [6.45, 7) is -0.433. The van der Waals surface area contributed by atoms with E-state index in [1.807, 2.05) is 6.07 Å². The largest absolute Gasteiger partial charge is 0.468 e. The molecule has 28 heavy (non-hydrogen) atoms. The Labute approximate surface area is 177 Å². The van der Waals surface area contributed by atoms with E-state index >= 15 is 0 Å². The maximum Gasteiger partial charge on any atom is 0.422 e. The highest BCUT2D eigenvalue weighted by Gasteiger charge is 2.28.